The number of anilines is 2. The van der Waals surface area contributed by atoms with Crippen LogP contribution < -0.4 is 5.32 Å². The van der Waals surface area contributed by atoms with Crippen molar-refractivity contribution in [2.45, 2.75) is 0 Å². The Hall–Kier alpha value is -1.54. The van der Waals surface area contributed by atoms with Gasteiger partial charge in [0.25, 0.3) is 0 Å². The molecule has 0 fully saturated rings. The quantitative estimate of drug-likeness (QED) is 0.810. The summed E-state index contributed by atoms with van der Waals surface area (Å²) in [4.78, 5) is 3.76. The zero-order chi connectivity index (χ0) is 14.0. The van der Waals surface area contributed by atoms with Crippen molar-refractivity contribution < 1.29 is 4.39 Å². The van der Waals surface area contributed by atoms with E-state index in [-0.39, 0.29) is 21.6 Å². The summed E-state index contributed by atoms with van der Waals surface area (Å²) < 4.78 is 13.7. The molecule has 0 aliphatic rings. The molecule has 0 bridgehead atoms. The maximum atomic E-state index is 13.7. The molecule has 0 radical (unpaired) electrons. The molecule has 1 aromatic carbocycles. The highest BCUT2D eigenvalue weighted by Crippen LogP contribution is 2.32. The van der Waals surface area contributed by atoms with Gasteiger partial charge in [-0.25, -0.2) is 9.37 Å². The van der Waals surface area contributed by atoms with Crippen LogP contribution in [-0.2, 0) is 0 Å². The van der Waals surface area contributed by atoms with Crippen molar-refractivity contribution in [2.75, 3.05) is 5.32 Å². The monoisotopic (exact) mass is 315 g/mol. The normalized spacial score (nSPS) is 10.1. The van der Waals surface area contributed by atoms with Crippen LogP contribution in [-0.4, -0.2) is 4.98 Å². The van der Waals surface area contributed by atoms with Gasteiger partial charge in [0.1, 0.15) is 11.2 Å². The Bertz CT molecular complexity index is 683. The van der Waals surface area contributed by atoms with Gasteiger partial charge in [-0.1, -0.05) is 40.9 Å². The Kier molecular flexibility index (Phi) is 4.11. The summed E-state index contributed by atoms with van der Waals surface area (Å²) in [5.41, 5.74) is 0.350. The van der Waals surface area contributed by atoms with Gasteiger partial charge in [0, 0.05) is 0 Å². The second kappa shape index (κ2) is 5.62. The van der Waals surface area contributed by atoms with Gasteiger partial charge < -0.3 is 5.32 Å². The molecule has 7 heteroatoms. The first-order valence-electron chi connectivity index (χ1n) is 5.00. The van der Waals surface area contributed by atoms with Crippen molar-refractivity contribution in [1.82, 2.24) is 4.98 Å². The lowest BCUT2D eigenvalue weighted by Crippen LogP contribution is -1.99. The van der Waals surface area contributed by atoms with Gasteiger partial charge in [-0.15, -0.1) is 0 Å². The van der Waals surface area contributed by atoms with Gasteiger partial charge in [0.15, 0.2) is 11.6 Å². The zero-order valence-corrected chi connectivity index (χ0v) is 11.5. The fourth-order valence-corrected chi connectivity index (χ4v) is 1.89. The van der Waals surface area contributed by atoms with Gasteiger partial charge in [0.2, 0.25) is 0 Å². The van der Waals surface area contributed by atoms with E-state index >= 15 is 0 Å². The molecule has 1 aromatic heterocycles. The Morgan fingerprint density at radius 1 is 1.26 bits per heavy atom. The predicted octanol–water partition coefficient (Wildman–Crippen LogP) is 4.80. The largest absolute Gasteiger partial charge is 0.336 e. The average Bonchev–Trinajstić information content (AvgIpc) is 2.38. The molecule has 0 unspecified atom stereocenters. The summed E-state index contributed by atoms with van der Waals surface area (Å²) in [6.45, 7) is 0. The fraction of sp³-hybridized carbons (Fsp3) is 0. The van der Waals surface area contributed by atoms with E-state index in [4.69, 9.17) is 40.1 Å². The molecule has 2 rings (SSSR count). The van der Waals surface area contributed by atoms with Crippen molar-refractivity contribution in [3.63, 3.8) is 0 Å². The zero-order valence-electron chi connectivity index (χ0n) is 9.22. The minimum absolute atomic E-state index is 0.0399. The van der Waals surface area contributed by atoms with Crippen LogP contribution in [0.25, 0.3) is 0 Å². The van der Waals surface area contributed by atoms with E-state index in [1.54, 1.807) is 24.3 Å². The molecular formula is C12H5Cl3FN3. The van der Waals surface area contributed by atoms with Crippen LogP contribution in [0.4, 0.5) is 15.9 Å². The molecule has 96 valence electrons. The molecule has 0 aliphatic carbocycles. The minimum Gasteiger partial charge on any atom is -0.336 e. The highest BCUT2D eigenvalue weighted by molar-refractivity contribution is 6.43. The molecule has 0 spiro atoms. The first kappa shape index (κ1) is 13.9. The molecule has 3 nitrogen and oxygen atoms in total. The number of hydrogen-bond donors (Lipinski definition) is 1. The number of halogens is 4. The Morgan fingerprint density at radius 3 is 2.68 bits per heavy atom. The number of nitriles is 1. The number of nitrogens with zero attached hydrogens (tertiary/aromatic N) is 2. The number of aromatic nitrogens is 1. The highest BCUT2D eigenvalue weighted by Gasteiger charge is 2.12. The topological polar surface area (TPSA) is 48.7 Å². The summed E-state index contributed by atoms with van der Waals surface area (Å²) in [5.74, 6) is -0.842. The van der Waals surface area contributed by atoms with Crippen LogP contribution >= 0.6 is 34.8 Å². The lowest BCUT2D eigenvalue weighted by Gasteiger charge is -2.10. The van der Waals surface area contributed by atoms with E-state index in [1.807, 2.05) is 0 Å². The first-order valence-corrected chi connectivity index (χ1v) is 6.13. The molecular weight excluding hydrogens is 312 g/mol. The summed E-state index contributed by atoms with van der Waals surface area (Å²) in [6.07, 6.45) is 0. The molecule has 0 amide bonds. The number of pyridine rings is 1. The summed E-state index contributed by atoms with van der Waals surface area (Å²) in [5, 5.41) is 11.9. The molecule has 0 aliphatic heterocycles. The maximum Gasteiger partial charge on any atom is 0.168 e. The third-order valence-corrected chi connectivity index (χ3v) is 3.36. The first-order chi connectivity index (χ1) is 9.02. The maximum absolute atomic E-state index is 13.7. The SMILES string of the molecule is N#Cc1cc(F)c(Nc2cccc(Cl)c2Cl)nc1Cl. The second-order valence-electron chi connectivity index (χ2n) is 3.50. The van der Waals surface area contributed by atoms with E-state index in [1.165, 1.54) is 0 Å². The van der Waals surface area contributed by atoms with E-state index < -0.39 is 5.82 Å². The molecule has 0 saturated carbocycles. The standard InChI is InChI=1S/C12H5Cl3FN3/c13-7-2-1-3-9(10(7)14)18-12-8(16)4-6(5-17)11(15)19-12/h1-4H,(H,18,19). The van der Waals surface area contributed by atoms with Crippen LogP contribution in [0.5, 0.6) is 0 Å². The third kappa shape index (κ3) is 2.90. The van der Waals surface area contributed by atoms with Crippen molar-refractivity contribution in [2.24, 2.45) is 0 Å². The molecule has 1 N–H and O–H groups in total. The molecule has 0 saturated heterocycles. The van der Waals surface area contributed by atoms with Crippen molar-refractivity contribution >= 4 is 46.3 Å². The minimum atomic E-state index is -0.711. The van der Waals surface area contributed by atoms with Crippen molar-refractivity contribution in [3.8, 4) is 6.07 Å². The Morgan fingerprint density at radius 2 is 2.00 bits per heavy atom. The molecule has 1 heterocycles. The number of rotatable bonds is 2. The Balaban J connectivity index is 2.42. The fourth-order valence-electron chi connectivity index (χ4n) is 1.36. The highest BCUT2D eigenvalue weighted by atomic mass is 35.5. The summed E-state index contributed by atoms with van der Waals surface area (Å²) in [6, 6.07) is 7.60. The third-order valence-electron chi connectivity index (χ3n) is 2.25. The van der Waals surface area contributed by atoms with Crippen molar-refractivity contribution in [3.05, 3.63) is 50.8 Å². The summed E-state index contributed by atoms with van der Waals surface area (Å²) in [7, 11) is 0. The Labute approximate surface area is 123 Å². The van der Waals surface area contributed by atoms with E-state index in [0.717, 1.165) is 6.07 Å². The van der Waals surface area contributed by atoms with Crippen LogP contribution in [0.3, 0.4) is 0 Å². The van der Waals surface area contributed by atoms with Gasteiger partial charge in [-0.2, -0.15) is 5.26 Å². The van der Waals surface area contributed by atoms with Gasteiger partial charge in [0.05, 0.1) is 21.3 Å². The lowest BCUT2D eigenvalue weighted by molar-refractivity contribution is 0.626. The van der Waals surface area contributed by atoms with Crippen LogP contribution in [0.15, 0.2) is 24.3 Å². The van der Waals surface area contributed by atoms with E-state index in [2.05, 4.69) is 10.3 Å². The molecule has 2 aromatic rings. The second-order valence-corrected chi connectivity index (χ2v) is 4.64. The lowest BCUT2D eigenvalue weighted by atomic mass is 10.3. The molecule has 19 heavy (non-hydrogen) atoms. The smallest absolute Gasteiger partial charge is 0.168 e. The number of benzene rings is 1. The average molecular weight is 317 g/mol. The van der Waals surface area contributed by atoms with E-state index in [9.17, 15) is 4.39 Å². The van der Waals surface area contributed by atoms with Crippen LogP contribution in [0, 0.1) is 17.1 Å². The number of nitrogens with one attached hydrogen (secondary N) is 1. The van der Waals surface area contributed by atoms with Crippen LogP contribution in [0.2, 0.25) is 15.2 Å². The number of hydrogen-bond acceptors (Lipinski definition) is 3. The summed E-state index contributed by atoms with van der Waals surface area (Å²) >= 11 is 17.5. The van der Waals surface area contributed by atoms with Crippen molar-refractivity contribution in [1.29, 1.82) is 5.26 Å². The van der Waals surface area contributed by atoms with E-state index in [0.29, 0.717) is 10.7 Å². The van der Waals surface area contributed by atoms with Gasteiger partial charge >= 0.3 is 0 Å². The molecule has 0 atom stereocenters. The predicted molar refractivity (Wildman–Crippen MR) is 73.7 cm³/mol. The van der Waals surface area contributed by atoms with Crippen LogP contribution in [0.1, 0.15) is 5.56 Å². The van der Waals surface area contributed by atoms with Gasteiger partial charge in [-0.3, -0.25) is 0 Å². The van der Waals surface area contributed by atoms with Gasteiger partial charge in [-0.05, 0) is 18.2 Å².